The van der Waals surface area contributed by atoms with Crippen LogP contribution in [-0.2, 0) is 10.3 Å². The average Bonchev–Trinajstić information content (AvgIpc) is 3.13. The zero-order valence-electron chi connectivity index (χ0n) is 16.1. The van der Waals surface area contributed by atoms with E-state index in [1.54, 1.807) is 9.58 Å². The Bertz CT molecular complexity index is 789. The topological polar surface area (TPSA) is 82.4 Å². The minimum Gasteiger partial charge on any atom is -0.486 e. The summed E-state index contributed by atoms with van der Waals surface area (Å²) in [5.41, 5.74) is -0.236. The van der Waals surface area contributed by atoms with Crippen LogP contribution in [0.1, 0.15) is 27.7 Å². The van der Waals surface area contributed by atoms with Gasteiger partial charge in [0.15, 0.2) is 17.6 Å². The van der Waals surface area contributed by atoms with E-state index in [1.165, 1.54) is 11.8 Å². The number of aromatic nitrogens is 4. The van der Waals surface area contributed by atoms with Gasteiger partial charge in [0.1, 0.15) is 6.61 Å². The molecule has 0 unspecified atom stereocenters. The maximum absolute atomic E-state index is 12.7. The second-order valence-electron chi connectivity index (χ2n) is 7.26. The third-order valence-electron chi connectivity index (χ3n) is 4.13. The molecular weight excluding hydrogens is 366 g/mol. The summed E-state index contributed by atoms with van der Waals surface area (Å²) in [4.78, 5) is 14.5. The Labute approximate surface area is 163 Å². The quantitative estimate of drug-likeness (QED) is 0.698. The Kier molecular flexibility index (Phi) is 5.88. The van der Waals surface area contributed by atoms with Crippen LogP contribution < -0.4 is 9.47 Å². The van der Waals surface area contributed by atoms with Gasteiger partial charge in [0, 0.05) is 6.54 Å². The lowest BCUT2D eigenvalue weighted by Crippen LogP contribution is -2.44. The van der Waals surface area contributed by atoms with Gasteiger partial charge in [0.25, 0.3) is 0 Å². The molecule has 1 aliphatic rings. The molecule has 1 aromatic carbocycles. The number of rotatable bonds is 6. The minimum absolute atomic E-state index is 0.0217. The fourth-order valence-electron chi connectivity index (χ4n) is 2.71. The van der Waals surface area contributed by atoms with E-state index in [-0.39, 0.29) is 23.3 Å². The molecule has 0 saturated heterocycles. The molecule has 2 heterocycles. The molecule has 1 aromatic heterocycles. The molecule has 8 nitrogen and oxygen atoms in total. The molecule has 0 radical (unpaired) electrons. The molecule has 146 valence electrons. The Morgan fingerprint density at radius 1 is 1.33 bits per heavy atom. The van der Waals surface area contributed by atoms with Crippen LogP contribution in [0.25, 0.3) is 0 Å². The normalized spacial score (nSPS) is 16.2. The number of nitrogens with zero attached hydrogens (tertiary/aromatic N) is 5. The number of hydrogen-bond donors (Lipinski definition) is 0. The predicted molar refractivity (Wildman–Crippen MR) is 102 cm³/mol. The number of benzene rings is 1. The lowest BCUT2D eigenvalue weighted by molar-refractivity contribution is -0.129. The number of carbonyl (C=O) groups excluding carboxylic acids is 1. The molecular formula is C18H25N5O3S. The van der Waals surface area contributed by atoms with E-state index in [1.807, 2.05) is 52.0 Å². The van der Waals surface area contributed by atoms with Crippen molar-refractivity contribution < 1.29 is 14.3 Å². The molecule has 0 N–H and O–H groups in total. The van der Waals surface area contributed by atoms with Crippen molar-refractivity contribution in [3.05, 3.63) is 24.3 Å². The molecule has 2 aromatic rings. The fraction of sp³-hybridized carbons (Fsp3) is 0.556. The third-order valence-corrected chi connectivity index (χ3v) is 5.03. The van der Waals surface area contributed by atoms with Gasteiger partial charge in [-0.1, -0.05) is 23.9 Å². The Morgan fingerprint density at radius 3 is 2.78 bits per heavy atom. The summed E-state index contributed by atoms with van der Waals surface area (Å²) >= 11 is 1.35. The van der Waals surface area contributed by atoms with Gasteiger partial charge in [0.2, 0.25) is 11.1 Å². The van der Waals surface area contributed by atoms with Crippen LogP contribution in [0, 0.1) is 0 Å². The molecule has 0 spiro atoms. The zero-order chi connectivity index (χ0) is 19.4. The third kappa shape index (κ3) is 4.71. The molecule has 0 fully saturated rings. The number of amides is 1. The summed E-state index contributed by atoms with van der Waals surface area (Å²) in [5, 5.41) is 12.4. The van der Waals surface area contributed by atoms with Crippen molar-refractivity contribution in [2.24, 2.45) is 0 Å². The van der Waals surface area contributed by atoms with Crippen LogP contribution in [0.5, 0.6) is 11.5 Å². The minimum atomic E-state index is -0.236. The molecule has 1 amide bonds. The molecule has 1 atom stereocenters. The van der Waals surface area contributed by atoms with Gasteiger partial charge >= 0.3 is 0 Å². The standard InChI is InChI=1S/C18H25N5O3S/c1-5-22(10-13-11-25-14-8-6-7-9-15(14)26-13)16(24)12-27-17-19-20-21-23(17)18(2,3)4/h6-9,13H,5,10-12H2,1-4H3/t13-/m1/s1. The smallest absolute Gasteiger partial charge is 0.233 e. The lowest BCUT2D eigenvalue weighted by Gasteiger charge is -2.30. The number of likely N-dealkylation sites (N-methyl/N-ethyl adjacent to an activating group) is 1. The highest BCUT2D eigenvalue weighted by Gasteiger charge is 2.26. The molecule has 3 rings (SSSR count). The number of hydrogen-bond acceptors (Lipinski definition) is 7. The van der Waals surface area contributed by atoms with Gasteiger partial charge in [0.05, 0.1) is 17.8 Å². The van der Waals surface area contributed by atoms with Crippen molar-refractivity contribution in [1.82, 2.24) is 25.1 Å². The highest BCUT2D eigenvalue weighted by Crippen LogP contribution is 2.31. The predicted octanol–water partition coefficient (Wildman–Crippen LogP) is 2.21. The fourth-order valence-corrected chi connectivity index (χ4v) is 3.68. The number of para-hydroxylation sites is 2. The second-order valence-corrected chi connectivity index (χ2v) is 8.21. The van der Waals surface area contributed by atoms with Crippen LogP contribution in [-0.4, -0.2) is 62.6 Å². The summed E-state index contributed by atoms with van der Waals surface area (Å²) in [5.74, 6) is 1.76. The number of ether oxygens (including phenoxy) is 2. The van der Waals surface area contributed by atoms with E-state index < -0.39 is 0 Å². The molecule has 9 heteroatoms. The van der Waals surface area contributed by atoms with Crippen LogP contribution >= 0.6 is 11.8 Å². The van der Waals surface area contributed by atoms with E-state index in [2.05, 4.69) is 15.5 Å². The summed E-state index contributed by atoms with van der Waals surface area (Å²) in [6.07, 6.45) is -0.186. The van der Waals surface area contributed by atoms with E-state index >= 15 is 0 Å². The maximum Gasteiger partial charge on any atom is 0.233 e. The number of fused-ring (bicyclic) bond motifs is 1. The molecule has 27 heavy (non-hydrogen) atoms. The zero-order valence-corrected chi connectivity index (χ0v) is 16.9. The van der Waals surface area contributed by atoms with Gasteiger partial charge in [-0.2, -0.15) is 0 Å². The monoisotopic (exact) mass is 391 g/mol. The van der Waals surface area contributed by atoms with E-state index in [9.17, 15) is 4.79 Å². The number of tetrazole rings is 1. The largest absolute Gasteiger partial charge is 0.486 e. The van der Waals surface area contributed by atoms with Gasteiger partial charge < -0.3 is 14.4 Å². The first kappa shape index (κ1) is 19.5. The van der Waals surface area contributed by atoms with Crippen LogP contribution in [0.2, 0.25) is 0 Å². The van der Waals surface area contributed by atoms with E-state index in [4.69, 9.17) is 9.47 Å². The molecule has 0 saturated carbocycles. The van der Waals surface area contributed by atoms with Crippen molar-refractivity contribution in [3.8, 4) is 11.5 Å². The molecule has 0 bridgehead atoms. The van der Waals surface area contributed by atoms with E-state index in [0.717, 1.165) is 11.5 Å². The summed E-state index contributed by atoms with van der Waals surface area (Å²) < 4.78 is 13.4. The second kappa shape index (κ2) is 8.16. The van der Waals surface area contributed by atoms with Crippen LogP contribution in [0.3, 0.4) is 0 Å². The van der Waals surface area contributed by atoms with Gasteiger partial charge in [-0.3, -0.25) is 4.79 Å². The number of carbonyl (C=O) groups is 1. The highest BCUT2D eigenvalue weighted by atomic mass is 32.2. The summed E-state index contributed by atoms with van der Waals surface area (Å²) in [6, 6.07) is 7.57. The summed E-state index contributed by atoms with van der Waals surface area (Å²) in [6.45, 7) is 9.53. The first-order valence-electron chi connectivity index (χ1n) is 8.96. The lowest BCUT2D eigenvalue weighted by atomic mass is 10.1. The van der Waals surface area contributed by atoms with Gasteiger partial charge in [-0.25, -0.2) is 4.68 Å². The number of thioether (sulfide) groups is 1. The van der Waals surface area contributed by atoms with Gasteiger partial charge in [-0.15, -0.1) is 5.10 Å². The van der Waals surface area contributed by atoms with Gasteiger partial charge in [-0.05, 0) is 50.3 Å². The summed E-state index contributed by atoms with van der Waals surface area (Å²) in [7, 11) is 0. The SMILES string of the molecule is CCN(C[C@@H]1COc2ccccc2O1)C(=O)CSc1nnnn1C(C)(C)C. The molecule has 0 aliphatic carbocycles. The van der Waals surface area contributed by atoms with Crippen molar-refractivity contribution in [1.29, 1.82) is 0 Å². The van der Waals surface area contributed by atoms with Crippen molar-refractivity contribution >= 4 is 17.7 Å². The van der Waals surface area contributed by atoms with Crippen molar-refractivity contribution in [2.75, 3.05) is 25.4 Å². The van der Waals surface area contributed by atoms with Crippen molar-refractivity contribution in [3.63, 3.8) is 0 Å². The van der Waals surface area contributed by atoms with Crippen LogP contribution in [0.15, 0.2) is 29.4 Å². The van der Waals surface area contributed by atoms with Crippen molar-refractivity contribution in [2.45, 2.75) is 44.5 Å². The first-order valence-corrected chi connectivity index (χ1v) is 9.95. The average molecular weight is 391 g/mol. The Hall–Kier alpha value is -2.29. The maximum atomic E-state index is 12.7. The van der Waals surface area contributed by atoms with Crippen LogP contribution in [0.4, 0.5) is 0 Å². The Morgan fingerprint density at radius 2 is 2.07 bits per heavy atom. The van der Waals surface area contributed by atoms with E-state index in [0.29, 0.717) is 24.9 Å². The Balaban J connectivity index is 1.57. The first-order chi connectivity index (χ1) is 12.9. The molecule has 1 aliphatic heterocycles. The highest BCUT2D eigenvalue weighted by molar-refractivity contribution is 7.99.